The topological polar surface area (TPSA) is 49.2 Å². The summed E-state index contributed by atoms with van der Waals surface area (Å²) in [5, 5.41) is 0.590. The molecule has 0 atom stereocenters. The van der Waals surface area contributed by atoms with Crippen LogP contribution in [-0.4, -0.2) is 47.3 Å². The molecule has 0 saturated carbocycles. The van der Waals surface area contributed by atoms with Crippen LogP contribution in [0.1, 0.15) is 12.2 Å². The van der Waals surface area contributed by atoms with Gasteiger partial charge in [0.25, 0.3) is 0 Å². The molecular weight excluding hydrogens is 313 g/mol. The van der Waals surface area contributed by atoms with E-state index in [0.29, 0.717) is 37.1 Å². The minimum atomic E-state index is 0.529. The number of pyridine rings is 1. The predicted octanol–water partition coefficient (Wildman–Crippen LogP) is 2.92. The van der Waals surface area contributed by atoms with E-state index in [-0.39, 0.29) is 0 Å². The number of aryl methyl sites for hydroxylation is 2. The van der Waals surface area contributed by atoms with Gasteiger partial charge in [-0.2, -0.15) is 0 Å². The third-order valence-electron chi connectivity index (χ3n) is 3.05. The molecule has 0 amide bonds. The summed E-state index contributed by atoms with van der Waals surface area (Å²) in [6, 6.07) is 1.83. The number of halogens is 2. The number of hydrogen-bond donors (Lipinski definition) is 0. The highest BCUT2D eigenvalue weighted by molar-refractivity contribution is 6.31. The molecule has 116 valence electrons. The van der Waals surface area contributed by atoms with Crippen LogP contribution in [0.3, 0.4) is 0 Å². The van der Waals surface area contributed by atoms with E-state index < -0.39 is 0 Å². The number of imidazole rings is 1. The van der Waals surface area contributed by atoms with Gasteiger partial charge in [0.15, 0.2) is 5.65 Å². The number of nitrogens with zero attached hydrogens (tertiary/aromatic N) is 3. The van der Waals surface area contributed by atoms with Crippen molar-refractivity contribution in [3.8, 4) is 0 Å². The fourth-order valence-electron chi connectivity index (χ4n) is 2.11. The maximum Gasteiger partial charge on any atom is 0.160 e. The third kappa shape index (κ3) is 4.54. The molecule has 0 aliphatic carbocycles. The first-order valence-corrected chi connectivity index (χ1v) is 7.81. The number of ether oxygens (including phenoxy) is 2. The van der Waals surface area contributed by atoms with Crippen molar-refractivity contribution in [1.82, 2.24) is 14.5 Å². The average molecular weight is 332 g/mol. The summed E-state index contributed by atoms with van der Waals surface area (Å²) in [6.07, 6.45) is 3.23. The normalized spacial score (nSPS) is 11.4. The molecule has 0 N–H and O–H groups in total. The molecule has 0 unspecified atom stereocenters. The van der Waals surface area contributed by atoms with Crippen molar-refractivity contribution in [1.29, 1.82) is 0 Å². The van der Waals surface area contributed by atoms with Crippen LogP contribution in [0.2, 0.25) is 5.02 Å². The first-order valence-electron chi connectivity index (χ1n) is 6.89. The molecule has 0 spiro atoms. The lowest BCUT2D eigenvalue weighted by molar-refractivity contribution is 0.0680. The number of aromatic nitrogens is 3. The monoisotopic (exact) mass is 331 g/mol. The Morgan fingerprint density at radius 1 is 1.29 bits per heavy atom. The van der Waals surface area contributed by atoms with Crippen molar-refractivity contribution in [3.05, 3.63) is 23.1 Å². The Labute approximate surface area is 134 Å². The van der Waals surface area contributed by atoms with Crippen molar-refractivity contribution in [2.45, 2.75) is 19.4 Å². The van der Waals surface area contributed by atoms with Crippen LogP contribution in [0.4, 0.5) is 0 Å². The molecule has 5 nitrogen and oxygen atoms in total. The second-order valence-corrected chi connectivity index (χ2v) is 5.39. The molecule has 2 aromatic heterocycles. The number of methoxy groups -OCH3 is 1. The second-order valence-electron chi connectivity index (χ2n) is 4.57. The van der Waals surface area contributed by atoms with E-state index in [1.54, 1.807) is 13.3 Å². The van der Waals surface area contributed by atoms with E-state index in [2.05, 4.69) is 14.5 Å². The average Bonchev–Trinajstić information content (AvgIpc) is 2.80. The first kappa shape index (κ1) is 16.5. The molecule has 2 rings (SSSR count). The van der Waals surface area contributed by atoms with Crippen molar-refractivity contribution < 1.29 is 9.47 Å². The van der Waals surface area contributed by atoms with Crippen LogP contribution in [0.25, 0.3) is 11.2 Å². The quantitative estimate of drug-likeness (QED) is 0.523. The van der Waals surface area contributed by atoms with E-state index in [4.69, 9.17) is 32.7 Å². The minimum absolute atomic E-state index is 0.529. The van der Waals surface area contributed by atoms with Crippen LogP contribution in [0.5, 0.6) is 0 Å². The van der Waals surface area contributed by atoms with Gasteiger partial charge >= 0.3 is 0 Å². The highest BCUT2D eigenvalue weighted by atomic mass is 35.5. The van der Waals surface area contributed by atoms with Crippen molar-refractivity contribution in [3.63, 3.8) is 0 Å². The molecule has 0 radical (unpaired) electrons. The highest BCUT2D eigenvalue weighted by Crippen LogP contribution is 2.19. The lowest BCUT2D eigenvalue weighted by Crippen LogP contribution is -2.09. The van der Waals surface area contributed by atoms with Crippen LogP contribution in [0.15, 0.2) is 12.3 Å². The van der Waals surface area contributed by atoms with E-state index in [9.17, 15) is 0 Å². The summed E-state index contributed by atoms with van der Waals surface area (Å²) < 4.78 is 12.5. The fraction of sp³-hybridized carbons (Fsp3) is 0.571. The van der Waals surface area contributed by atoms with Gasteiger partial charge in [-0.15, -0.1) is 11.6 Å². The lowest BCUT2D eigenvalue weighted by Gasteiger charge is -2.08. The molecule has 2 aromatic rings. The van der Waals surface area contributed by atoms with E-state index >= 15 is 0 Å². The largest absolute Gasteiger partial charge is 0.382 e. The summed E-state index contributed by atoms with van der Waals surface area (Å²) in [5.74, 6) is 1.47. The van der Waals surface area contributed by atoms with Gasteiger partial charge in [-0.05, 0) is 12.5 Å². The van der Waals surface area contributed by atoms with Crippen LogP contribution in [-0.2, 0) is 22.4 Å². The van der Waals surface area contributed by atoms with Gasteiger partial charge in [0.05, 0.1) is 18.2 Å². The number of alkyl halides is 1. The van der Waals surface area contributed by atoms with Crippen LogP contribution < -0.4 is 0 Å². The van der Waals surface area contributed by atoms with Gasteiger partial charge < -0.3 is 14.0 Å². The Morgan fingerprint density at radius 3 is 2.90 bits per heavy atom. The number of rotatable bonds is 9. The number of fused-ring (bicyclic) bond motifs is 1. The lowest BCUT2D eigenvalue weighted by atomic mass is 10.4. The fourth-order valence-corrected chi connectivity index (χ4v) is 2.43. The standard InChI is InChI=1S/C14H19Cl2N3O2/c1-20-7-8-21-6-2-5-19-13(3-4-15)18-12-9-11(16)10-17-14(12)19/h9-10H,2-8H2,1H3. The molecule has 0 aromatic carbocycles. The Bertz CT molecular complexity index is 575. The maximum absolute atomic E-state index is 5.96. The van der Waals surface area contributed by atoms with Gasteiger partial charge in [-0.25, -0.2) is 9.97 Å². The van der Waals surface area contributed by atoms with Crippen molar-refractivity contribution in [2.75, 3.05) is 32.8 Å². The Morgan fingerprint density at radius 2 is 2.14 bits per heavy atom. The molecule has 0 bridgehead atoms. The first-order chi connectivity index (χ1) is 10.3. The Kier molecular flexibility index (Phi) is 6.70. The summed E-state index contributed by atoms with van der Waals surface area (Å²) in [6.45, 7) is 2.70. The number of hydrogen-bond acceptors (Lipinski definition) is 4. The zero-order valence-electron chi connectivity index (χ0n) is 12.0. The van der Waals surface area contributed by atoms with E-state index in [0.717, 1.165) is 30.0 Å². The zero-order valence-corrected chi connectivity index (χ0v) is 13.5. The second kappa shape index (κ2) is 8.54. The summed E-state index contributed by atoms with van der Waals surface area (Å²) >= 11 is 11.8. The molecule has 0 saturated heterocycles. The van der Waals surface area contributed by atoms with Gasteiger partial charge in [0.1, 0.15) is 11.3 Å². The summed E-state index contributed by atoms with van der Waals surface area (Å²) in [7, 11) is 1.66. The van der Waals surface area contributed by atoms with Gasteiger partial charge in [-0.1, -0.05) is 11.6 Å². The minimum Gasteiger partial charge on any atom is -0.382 e. The summed E-state index contributed by atoms with van der Waals surface area (Å²) in [5.41, 5.74) is 1.65. The predicted molar refractivity (Wildman–Crippen MR) is 84.3 cm³/mol. The zero-order chi connectivity index (χ0) is 15.1. The molecule has 0 aliphatic heterocycles. The van der Waals surface area contributed by atoms with Gasteiger partial charge in [-0.3, -0.25) is 0 Å². The maximum atomic E-state index is 5.96. The van der Waals surface area contributed by atoms with Gasteiger partial charge in [0, 0.05) is 38.8 Å². The summed E-state index contributed by atoms with van der Waals surface area (Å²) in [4.78, 5) is 8.94. The van der Waals surface area contributed by atoms with Crippen LogP contribution >= 0.6 is 23.2 Å². The van der Waals surface area contributed by atoms with Crippen molar-refractivity contribution >= 4 is 34.4 Å². The van der Waals surface area contributed by atoms with Crippen LogP contribution in [0, 0.1) is 0 Å². The third-order valence-corrected chi connectivity index (χ3v) is 3.45. The molecule has 2 heterocycles. The van der Waals surface area contributed by atoms with Crippen molar-refractivity contribution in [2.24, 2.45) is 0 Å². The molecular formula is C14H19Cl2N3O2. The van der Waals surface area contributed by atoms with E-state index in [1.165, 1.54) is 0 Å². The Balaban J connectivity index is 2.04. The Hall–Kier alpha value is -0.880. The SMILES string of the molecule is COCCOCCCn1c(CCCl)nc2cc(Cl)cnc21. The smallest absolute Gasteiger partial charge is 0.160 e. The molecule has 0 aliphatic rings. The van der Waals surface area contributed by atoms with E-state index in [1.807, 2.05) is 6.07 Å². The highest BCUT2D eigenvalue weighted by Gasteiger charge is 2.11. The molecule has 21 heavy (non-hydrogen) atoms. The van der Waals surface area contributed by atoms with Gasteiger partial charge in [0.2, 0.25) is 0 Å². The molecule has 0 fully saturated rings. The molecule has 7 heteroatoms.